The molecular formula is C15H12BrFO2. The Labute approximate surface area is 119 Å². The molecule has 98 valence electrons. The summed E-state index contributed by atoms with van der Waals surface area (Å²) in [6, 6.07) is 11.8. The number of carboxylic acids is 1. The lowest BCUT2D eigenvalue weighted by Gasteiger charge is -2.09. The van der Waals surface area contributed by atoms with Gasteiger partial charge in [-0.3, -0.25) is 4.79 Å². The number of halogens is 2. The van der Waals surface area contributed by atoms with E-state index in [9.17, 15) is 9.18 Å². The first-order valence-corrected chi connectivity index (χ1v) is 6.56. The number of aliphatic carboxylic acids is 1. The van der Waals surface area contributed by atoms with Crippen molar-refractivity contribution < 1.29 is 14.3 Å². The van der Waals surface area contributed by atoms with Crippen LogP contribution in [0.15, 0.2) is 46.9 Å². The molecule has 0 amide bonds. The molecule has 2 aromatic rings. The van der Waals surface area contributed by atoms with Gasteiger partial charge in [0.1, 0.15) is 5.82 Å². The monoisotopic (exact) mass is 322 g/mol. The maximum absolute atomic E-state index is 14.1. The van der Waals surface area contributed by atoms with Gasteiger partial charge in [0.15, 0.2) is 0 Å². The Bertz CT molecular complexity index is 608. The first-order chi connectivity index (χ1) is 8.99. The van der Waals surface area contributed by atoms with E-state index in [1.807, 2.05) is 24.3 Å². The molecule has 0 aliphatic rings. The lowest BCUT2D eigenvalue weighted by molar-refractivity contribution is -0.138. The zero-order chi connectivity index (χ0) is 14.0. The van der Waals surface area contributed by atoms with Crippen molar-refractivity contribution in [3.63, 3.8) is 0 Å². The molecule has 1 atom stereocenters. The Balaban J connectivity index is 2.39. The SMILES string of the molecule is CC(C(=O)O)c1ccc(-c2ccc(Br)cc2)c(F)c1. The average molecular weight is 323 g/mol. The lowest BCUT2D eigenvalue weighted by atomic mass is 9.97. The van der Waals surface area contributed by atoms with Crippen molar-refractivity contribution in [1.29, 1.82) is 0 Å². The second-order valence-corrected chi connectivity index (χ2v) is 5.22. The van der Waals surface area contributed by atoms with Crippen LogP contribution < -0.4 is 0 Å². The van der Waals surface area contributed by atoms with Crippen LogP contribution in [-0.4, -0.2) is 11.1 Å². The summed E-state index contributed by atoms with van der Waals surface area (Å²) in [6.45, 7) is 1.54. The molecule has 0 radical (unpaired) electrons. The van der Waals surface area contributed by atoms with Gasteiger partial charge in [-0.15, -0.1) is 0 Å². The smallest absolute Gasteiger partial charge is 0.310 e. The molecule has 0 spiro atoms. The maximum Gasteiger partial charge on any atom is 0.310 e. The number of carbonyl (C=O) groups is 1. The van der Waals surface area contributed by atoms with Crippen LogP contribution in [0.25, 0.3) is 11.1 Å². The van der Waals surface area contributed by atoms with Gasteiger partial charge >= 0.3 is 5.97 Å². The second-order valence-electron chi connectivity index (χ2n) is 4.31. The molecule has 1 N–H and O–H groups in total. The number of carboxylic acid groups (broad SMARTS) is 1. The van der Waals surface area contributed by atoms with Gasteiger partial charge in [-0.2, -0.15) is 0 Å². The highest BCUT2D eigenvalue weighted by Crippen LogP contribution is 2.27. The van der Waals surface area contributed by atoms with E-state index in [0.717, 1.165) is 10.0 Å². The number of rotatable bonds is 3. The quantitative estimate of drug-likeness (QED) is 0.906. The van der Waals surface area contributed by atoms with Crippen LogP contribution in [0.4, 0.5) is 4.39 Å². The van der Waals surface area contributed by atoms with Crippen LogP contribution in [0, 0.1) is 5.82 Å². The van der Waals surface area contributed by atoms with Crippen molar-refractivity contribution in [1.82, 2.24) is 0 Å². The third kappa shape index (κ3) is 3.01. The molecule has 0 heterocycles. The summed E-state index contributed by atoms with van der Waals surface area (Å²) in [5.74, 6) is -2.09. The van der Waals surface area contributed by atoms with Gasteiger partial charge in [-0.1, -0.05) is 40.2 Å². The number of hydrogen-bond donors (Lipinski definition) is 1. The van der Waals surface area contributed by atoms with E-state index in [0.29, 0.717) is 11.1 Å². The van der Waals surface area contributed by atoms with Crippen LogP contribution >= 0.6 is 15.9 Å². The summed E-state index contributed by atoms with van der Waals surface area (Å²) >= 11 is 3.32. The summed E-state index contributed by atoms with van der Waals surface area (Å²) < 4.78 is 15.0. The molecule has 0 aliphatic heterocycles. The van der Waals surface area contributed by atoms with Crippen molar-refractivity contribution in [2.24, 2.45) is 0 Å². The van der Waals surface area contributed by atoms with E-state index in [4.69, 9.17) is 5.11 Å². The van der Waals surface area contributed by atoms with Crippen molar-refractivity contribution in [2.75, 3.05) is 0 Å². The van der Waals surface area contributed by atoms with Crippen LogP contribution in [0.2, 0.25) is 0 Å². The molecule has 2 nitrogen and oxygen atoms in total. The van der Waals surface area contributed by atoms with E-state index in [2.05, 4.69) is 15.9 Å². The molecule has 4 heteroatoms. The number of hydrogen-bond acceptors (Lipinski definition) is 1. The summed E-state index contributed by atoms with van der Waals surface area (Å²) in [5, 5.41) is 8.92. The molecule has 2 aromatic carbocycles. The standard InChI is InChI=1S/C15H12BrFO2/c1-9(15(18)19)11-4-7-13(14(17)8-11)10-2-5-12(16)6-3-10/h2-9H,1H3,(H,18,19). The zero-order valence-corrected chi connectivity index (χ0v) is 11.8. The Morgan fingerprint density at radius 3 is 2.37 bits per heavy atom. The lowest BCUT2D eigenvalue weighted by Crippen LogP contribution is -2.07. The Hall–Kier alpha value is -1.68. The molecule has 2 rings (SSSR count). The van der Waals surface area contributed by atoms with Gasteiger partial charge in [0.05, 0.1) is 5.92 Å². The molecule has 0 fully saturated rings. The molecule has 0 aliphatic carbocycles. The summed E-state index contributed by atoms with van der Waals surface area (Å²) in [5.41, 5.74) is 1.69. The van der Waals surface area contributed by atoms with Crippen LogP contribution in [0.5, 0.6) is 0 Å². The van der Waals surface area contributed by atoms with Gasteiger partial charge in [0, 0.05) is 10.0 Å². The predicted octanol–water partition coefficient (Wildman–Crippen LogP) is 4.44. The zero-order valence-electron chi connectivity index (χ0n) is 10.2. The summed E-state index contributed by atoms with van der Waals surface area (Å²) in [4.78, 5) is 10.9. The largest absolute Gasteiger partial charge is 0.481 e. The van der Waals surface area contributed by atoms with E-state index in [-0.39, 0.29) is 0 Å². The first-order valence-electron chi connectivity index (χ1n) is 5.77. The van der Waals surface area contributed by atoms with Crippen molar-refractivity contribution in [2.45, 2.75) is 12.8 Å². The van der Waals surface area contributed by atoms with Crippen molar-refractivity contribution in [3.05, 3.63) is 58.3 Å². The fraction of sp³-hybridized carbons (Fsp3) is 0.133. The van der Waals surface area contributed by atoms with Crippen LogP contribution in [0.1, 0.15) is 18.4 Å². The van der Waals surface area contributed by atoms with E-state index < -0.39 is 17.7 Å². The highest BCUT2D eigenvalue weighted by molar-refractivity contribution is 9.10. The normalized spacial score (nSPS) is 12.2. The second kappa shape index (κ2) is 5.53. The Morgan fingerprint density at radius 1 is 1.21 bits per heavy atom. The molecule has 19 heavy (non-hydrogen) atoms. The maximum atomic E-state index is 14.1. The fourth-order valence-electron chi connectivity index (χ4n) is 1.81. The molecule has 0 saturated carbocycles. The van der Waals surface area contributed by atoms with Gasteiger partial charge in [-0.05, 0) is 36.2 Å². The summed E-state index contributed by atoms with van der Waals surface area (Å²) in [6.07, 6.45) is 0. The third-order valence-electron chi connectivity index (χ3n) is 3.02. The topological polar surface area (TPSA) is 37.3 Å². The fourth-order valence-corrected chi connectivity index (χ4v) is 2.07. The molecular weight excluding hydrogens is 311 g/mol. The van der Waals surface area contributed by atoms with Gasteiger partial charge in [0.25, 0.3) is 0 Å². The van der Waals surface area contributed by atoms with E-state index >= 15 is 0 Å². The van der Waals surface area contributed by atoms with Crippen LogP contribution in [-0.2, 0) is 4.79 Å². The number of benzene rings is 2. The Morgan fingerprint density at radius 2 is 1.84 bits per heavy atom. The minimum absolute atomic E-state index is 0.409. The van der Waals surface area contributed by atoms with Crippen molar-refractivity contribution >= 4 is 21.9 Å². The summed E-state index contributed by atoms with van der Waals surface area (Å²) in [7, 11) is 0. The minimum Gasteiger partial charge on any atom is -0.481 e. The van der Waals surface area contributed by atoms with E-state index in [1.54, 1.807) is 12.1 Å². The molecule has 1 unspecified atom stereocenters. The molecule has 0 saturated heterocycles. The van der Waals surface area contributed by atoms with Gasteiger partial charge in [0.2, 0.25) is 0 Å². The van der Waals surface area contributed by atoms with Gasteiger partial charge < -0.3 is 5.11 Å². The minimum atomic E-state index is -0.962. The van der Waals surface area contributed by atoms with Crippen LogP contribution in [0.3, 0.4) is 0 Å². The van der Waals surface area contributed by atoms with Crippen molar-refractivity contribution in [3.8, 4) is 11.1 Å². The first kappa shape index (κ1) is 13.7. The predicted molar refractivity (Wildman–Crippen MR) is 75.6 cm³/mol. The average Bonchev–Trinajstić information content (AvgIpc) is 2.39. The van der Waals surface area contributed by atoms with Gasteiger partial charge in [-0.25, -0.2) is 4.39 Å². The molecule has 0 aromatic heterocycles. The highest BCUT2D eigenvalue weighted by Gasteiger charge is 2.15. The van der Waals surface area contributed by atoms with E-state index in [1.165, 1.54) is 13.0 Å². The third-order valence-corrected chi connectivity index (χ3v) is 3.55. The molecule has 0 bridgehead atoms. The Kier molecular flexibility index (Phi) is 4.00. The highest BCUT2D eigenvalue weighted by atomic mass is 79.9.